The van der Waals surface area contributed by atoms with Crippen LogP contribution in [0.3, 0.4) is 0 Å². The van der Waals surface area contributed by atoms with E-state index in [1.54, 1.807) is 24.5 Å². The van der Waals surface area contributed by atoms with Crippen molar-refractivity contribution >= 4 is 11.6 Å². The molecule has 0 bridgehead atoms. The second kappa shape index (κ2) is 4.61. The number of imidazole rings is 1. The van der Waals surface area contributed by atoms with Gasteiger partial charge in [0.15, 0.2) is 0 Å². The van der Waals surface area contributed by atoms with Crippen LogP contribution in [0, 0.1) is 0 Å². The lowest BCUT2D eigenvalue weighted by Crippen LogP contribution is -2.12. The summed E-state index contributed by atoms with van der Waals surface area (Å²) < 4.78 is 0. The van der Waals surface area contributed by atoms with E-state index in [9.17, 15) is 0 Å². The van der Waals surface area contributed by atoms with E-state index in [1.807, 2.05) is 0 Å². The molecular formula is C10H14N6. The Morgan fingerprint density at radius 1 is 1.44 bits per heavy atom. The van der Waals surface area contributed by atoms with Crippen molar-refractivity contribution in [3.63, 3.8) is 0 Å². The molecule has 1 atom stereocenters. The lowest BCUT2D eigenvalue weighted by atomic mass is 10.2. The number of rotatable bonds is 4. The Morgan fingerprint density at radius 3 is 2.88 bits per heavy atom. The Balaban J connectivity index is 2.10. The zero-order valence-electron chi connectivity index (χ0n) is 9.01. The molecule has 1 unspecified atom stereocenters. The Bertz CT molecular complexity index is 421. The third-order valence-corrected chi connectivity index (χ3v) is 2.26. The molecule has 6 nitrogen and oxygen atoms in total. The van der Waals surface area contributed by atoms with Crippen LogP contribution in [-0.4, -0.2) is 20.2 Å². The van der Waals surface area contributed by atoms with Gasteiger partial charge in [-0.05, 0) is 18.6 Å². The van der Waals surface area contributed by atoms with Crippen molar-refractivity contribution < 1.29 is 0 Å². The third-order valence-electron chi connectivity index (χ3n) is 2.26. The van der Waals surface area contributed by atoms with Crippen LogP contribution < -0.4 is 11.1 Å². The fourth-order valence-electron chi connectivity index (χ4n) is 1.43. The van der Waals surface area contributed by atoms with Gasteiger partial charge in [-0.1, -0.05) is 6.92 Å². The predicted octanol–water partition coefficient (Wildman–Crippen LogP) is 1.35. The standard InChI is InChI=1S/C10H14N6/c1-2-7(10-12-5-6-13-10)14-9-4-3-8(11)15-16-9/h3-7H,2H2,1H3,(H2,11,15)(H,12,13)(H,14,16). The van der Waals surface area contributed by atoms with E-state index < -0.39 is 0 Å². The summed E-state index contributed by atoms with van der Waals surface area (Å²) in [7, 11) is 0. The van der Waals surface area contributed by atoms with E-state index in [0.29, 0.717) is 11.6 Å². The van der Waals surface area contributed by atoms with Crippen molar-refractivity contribution in [3.8, 4) is 0 Å². The molecule has 0 amide bonds. The maximum absolute atomic E-state index is 5.46. The number of hydrogen-bond donors (Lipinski definition) is 3. The van der Waals surface area contributed by atoms with Crippen LogP contribution in [0.25, 0.3) is 0 Å². The van der Waals surface area contributed by atoms with Gasteiger partial charge in [0.1, 0.15) is 17.5 Å². The summed E-state index contributed by atoms with van der Waals surface area (Å²) in [5, 5.41) is 11.0. The van der Waals surface area contributed by atoms with Crippen molar-refractivity contribution in [2.24, 2.45) is 0 Å². The highest BCUT2D eigenvalue weighted by molar-refractivity contribution is 5.39. The van der Waals surface area contributed by atoms with E-state index in [4.69, 9.17) is 5.73 Å². The predicted molar refractivity (Wildman–Crippen MR) is 61.7 cm³/mol. The summed E-state index contributed by atoms with van der Waals surface area (Å²) in [6.45, 7) is 2.07. The molecule has 0 radical (unpaired) electrons. The number of nitrogens with two attached hydrogens (primary N) is 1. The number of nitrogen functional groups attached to an aromatic ring is 1. The van der Waals surface area contributed by atoms with Gasteiger partial charge in [-0.2, -0.15) is 0 Å². The third kappa shape index (κ3) is 2.28. The van der Waals surface area contributed by atoms with Crippen LogP contribution in [0.5, 0.6) is 0 Å². The van der Waals surface area contributed by atoms with E-state index in [-0.39, 0.29) is 6.04 Å². The Labute approximate surface area is 93.3 Å². The second-order valence-electron chi connectivity index (χ2n) is 3.42. The van der Waals surface area contributed by atoms with Gasteiger partial charge in [0, 0.05) is 12.4 Å². The van der Waals surface area contributed by atoms with Crippen LogP contribution in [0.1, 0.15) is 25.2 Å². The summed E-state index contributed by atoms with van der Waals surface area (Å²) in [6.07, 6.45) is 4.43. The number of hydrogen-bond acceptors (Lipinski definition) is 5. The lowest BCUT2D eigenvalue weighted by Gasteiger charge is -2.14. The van der Waals surface area contributed by atoms with Gasteiger partial charge < -0.3 is 16.0 Å². The van der Waals surface area contributed by atoms with Gasteiger partial charge in [0.2, 0.25) is 0 Å². The fraction of sp³-hybridized carbons (Fsp3) is 0.300. The highest BCUT2D eigenvalue weighted by atomic mass is 15.2. The molecule has 0 saturated carbocycles. The smallest absolute Gasteiger partial charge is 0.149 e. The van der Waals surface area contributed by atoms with E-state index in [1.165, 1.54) is 0 Å². The zero-order valence-corrected chi connectivity index (χ0v) is 9.01. The number of H-pyrrole nitrogens is 1. The summed E-state index contributed by atoms with van der Waals surface area (Å²) in [5.41, 5.74) is 5.46. The quantitative estimate of drug-likeness (QED) is 0.720. The first-order valence-electron chi connectivity index (χ1n) is 5.14. The maximum atomic E-state index is 5.46. The van der Waals surface area contributed by atoms with Gasteiger partial charge >= 0.3 is 0 Å². The monoisotopic (exact) mass is 218 g/mol. The summed E-state index contributed by atoms with van der Waals surface area (Å²) in [4.78, 5) is 7.28. The molecule has 2 aromatic rings. The van der Waals surface area contributed by atoms with Crippen molar-refractivity contribution in [2.45, 2.75) is 19.4 Å². The van der Waals surface area contributed by atoms with Gasteiger partial charge in [0.25, 0.3) is 0 Å². The molecule has 0 aliphatic heterocycles. The van der Waals surface area contributed by atoms with E-state index in [0.717, 1.165) is 12.2 Å². The first kappa shape index (κ1) is 10.4. The molecule has 2 rings (SSSR count). The first-order chi connectivity index (χ1) is 7.79. The molecule has 0 aliphatic carbocycles. The van der Waals surface area contributed by atoms with Crippen LogP contribution in [-0.2, 0) is 0 Å². The molecule has 16 heavy (non-hydrogen) atoms. The fourth-order valence-corrected chi connectivity index (χ4v) is 1.43. The summed E-state index contributed by atoms with van der Waals surface area (Å²) in [6, 6.07) is 3.62. The van der Waals surface area contributed by atoms with Crippen LogP contribution >= 0.6 is 0 Å². The second-order valence-corrected chi connectivity index (χ2v) is 3.42. The number of anilines is 2. The van der Waals surface area contributed by atoms with Gasteiger partial charge in [-0.15, -0.1) is 10.2 Å². The number of aromatic amines is 1. The molecule has 6 heteroatoms. The Morgan fingerprint density at radius 2 is 2.31 bits per heavy atom. The van der Waals surface area contributed by atoms with Crippen LogP contribution in [0.15, 0.2) is 24.5 Å². The van der Waals surface area contributed by atoms with Crippen LogP contribution in [0.4, 0.5) is 11.6 Å². The lowest BCUT2D eigenvalue weighted by molar-refractivity contribution is 0.697. The summed E-state index contributed by atoms with van der Waals surface area (Å²) in [5.74, 6) is 2.00. The molecular weight excluding hydrogens is 204 g/mol. The number of nitrogens with zero attached hydrogens (tertiary/aromatic N) is 3. The molecule has 2 heterocycles. The molecule has 0 aromatic carbocycles. The molecule has 4 N–H and O–H groups in total. The van der Waals surface area contributed by atoms with Gasteiger partial charge in [-0.25, -0.2) is 4.98 Å². The van der Waals surface area contributed by atoms with E-state index >= 15 is 0 Å². The minimum Gasteiger partial charge on any atom is -0.382 e. The minimum atomic E-state index is 0.105. The Kier molecular flexibility index (Phi) is 3.00. The maximum Gasteiger partial charge on any atom is 0.149 e. The largest absolute Gasteiger partial charge is 0.382 e. The van der Waals surface area contributed by atoms with E-state index in [2.05, 4.69) is 32.4 Å². The minimum absolute atomic E-state index is 0.105. The highest BCUT2D eigenvalue weighted by Gasteiger charge is 2.11. The molecule has 0 saturated heterocycles. The molecule has 0 spiro atoms. The Hall–Kier alpha value is -2.11. The van der Waals surface area contributed by atoms with Gasteiger partial charge in [0.05, 0.1) is 6.04 Å². The molecule has 0 fully saturated rings. The SMILES string of the molecule is CCC(Nc1ccc(N)nn1)c1ncc[nH]1. The first-order valence-corrected chi connectivity index (χ1v) is 5.14. The zero-order chi connectivity index (χ0) is 11.4. The molecule has 2 aromatic heterocycles. The summed E-state index contributed by atoms with van der Waals surface area (Å²) >= 11 is 0. The molecule has 0 aliphatic rings. The topological polar surface area (TPSA) is 92.5 Å². The van der Waals surface area contributed by atoms with Crippen LogP contribution in [0.2, 0.25) is 0 Å². The molecule has 84 valence electrons. The number of aromatic nitrogens is 4. The normalized spacial score (nSPS) is 12.3. The average molecular weight is 218 g/mol. The number of nitrogens with one attached hydrogen (secondary N) is 2. The average Bonchev–Trinajstić information content (AvgIpc) is 2.82. The van der Waals surface area contributed by atoms with Crippen molar-refractivity contribution in [3.05, 3.63) is 30.4 Å². The van der Waals surface area contributed by atoms with Gasteiger partial charge in [-0.3, -0.25) is 0 Å². The van der Waals surface area contributed by atoms with Crippen molar-refractivity contribution in [2.75, 3.05) is 11.1 Å². The highest BCUT2D eigenvalue weighted by Crippen LogP contribution is 2.17. The van der Waals surface area contributed by atoms with Crippen molar-refractivity contribution in [1.82, 2.24) is 20.2 Å². The van der Waals surface area contributed by atoms with Crippen molar-refractivity contribution in [1.29, 1.82) is 0 Å².